The van der Waals surface area contributed by atoms with Crippen molar-refractivity contribution in [2.45, 2.75) is 37.5 Å². The SMILES string of the molecule is Nc1nc(NC2CC3CCC2O3)c2ccsc2n1. The summed E-state index contributed by atoms with van der Waals surface area (Å²) in [6.07, 6.45) is 4.18. The van der Waals surface area contributed by atoms with Gasteiger partial charge in [-0.1, -0.05) is 0 Å². The van der Waals surface area contributed by atoms with E-state index in [0.717, 1.165) is 28.9 Å². The Labute approximate surface area is 108 Å². The van der Waals surface area contributed by atoms with E-state index >= 15 is 0 Å². The number of nitrogen functional groups attached to an aromatic ring is 1. The molecule has 2 aliphatic heterocycles. The predicted octanol–water partition coefficient (Wildman–Crippen LogP) is 2.01. The lowest BCUT2D eigenvalue weighted by atomic mass is 9.95. The highest BCUT2D eigenvalue weighted by Crippen LogP contribution is 2.37. The van der Waals surface area contributed by atoms with Crippen LogP contribution in [0.4, 0.5) is 11.8 Å². The van der Waals surface area contributed by atoms with E-state index in [0.29, 0.717) is 24.2 Å². The molecule has 2 aromatic heterocycles. The van der Waals surface area contributed by atoms with Gasteiger partial charge in [-0.2, -0.15) is 4.98 Å². The van der Waals surface area contributed by atoms with Gasteiger partial charge in [0.25, 0.3) is 0 Å². The molecular formula is C12H14N4OS. The number of hydrogen-bond acceptors (Lipinski definition) is 6. The zero-order valence-corrected chi connectivity index (χ0v) is 10.6. The third-order valence-electron chi connectivity index (χ3n) is 3.77. The van der Waals surface area contributed by atoms with E-state index in [-0.39, 0.29) is 0 Å². The number of rotatable bonds is 2. The monoisotopic (exact) mass is 262 g/mol. The van der Waals surface area contributed by atoms with Gasteiger partial charge in [0.1, 0.15) is 10.6 Å². The van der Waals surface area contributed by atoms with Crippen molar-refractivity contribution in [1.29, 1.82) is 0 Å². The first kappa shape index (κ1) is 10.5. The molecule has 2 saturated heterocycles. The summed E-state index contributed by atoms with van der Waals surface area (Å²) >= 11 is 1.59. The summed E-state index contributed by atoms with van der Waals surface area (Å²) < 4.78 is 5.85. The van der Waals surface area contributed by atoms with E-state index in [4.69, 9.17) is 10.5 Å². The summed E-state index contributed by atoms with van der Waals surface area (Å²) in [5, 5.41) is 6.56. The molecule has 0 aliphatic carbocycles. The normalized spacial score (nSPS) is 30.1. The number of nitrogens with zero attached hydrogens (tertiary/aromatic N) is 2. The molecule has 0 radical (unpaired) electrons. The second-order valence-corrected chi connectivity index (χ2v) is 5.82. The summed E-state index contributed by atoms with van der Waals surface area (Å²) in [7, 11) is 0. The maximum absolute atomic E-state index is 5.85. The minimum atomic E-state index is 0.330. The second kappa shape index (κ2) is 3.80. The predicted molar refractivity (Wildman–Crippen MR) is 71.8 cm³/mol. The van der Waals surface area contributed by atoms with Gasteiger partial charge in [0, 0.05) is 0 Å². The van der Waals surface area contributed by atoms with Crippen molar-refractivity contribution in [3.8, 4) is 0 Å². The van der Waals surface area contributed by atoms with Crippen LogP contribution >= 0.6 is 11.3 Å². The van der Waals surface area contributed by atoms with Gasteiger partial charge >= 0.3 is 0 Å². The molecule has 4 heterocycles. The molecule has 2 fully saturated rings. The number of nitrogens with one attached hydrogen (secondary N) is 1. The molecule has 0 spiro atoms. The van der Waals surface area contributed by atoms with Crippen molar-refractivity contribution in [2.24, 2.45) is 0 Å². The van der Waals surface area contributed by atoms with Crippen LogP contribution in [-0.4, -0.2) is 28.2 Å². The van der Waals surface area contributed by atoms with Crippen LogP contribution in [-0.2, 0) is 4.74 Å². The van der Waals surface area contributed by atoms with Crippen molar-refractivity contribution in [1.82, 2.24) is 9.97 Å². The molecule has 2 bridgehead atoms. The van der Waals surface area contributed by atoms with Crippen molar-refractivity contribution in [2.75, 3.05) is 11.1 Å². The zero-order chi connectivity index (χ0) is 12.1. The van der Waals surface area contributed by atoms with Gasteiger partial charge in [-0.3, -0.25) is 0 Å². The fourth-order valence-electron chi connectivity index (χ4n) is 2.95. The highest BCUT2D eigenvalue weighted by atomic mass is 32.1. The molecule has 94 valence electrons. The molecule has 18 heavy (non-hydrogen) atoms. The van der Waals surface area contributed by atoms with E-state index in [1.54, 1.807) is 11.3 Å². The molecule has 4 rings (SSSR count). The fraction of sp³-hybridized carbons (Fsp3) is 0.500. The Morgan fingerprint density at radius 2 is 2.33 bits per heavy atom. The third-order valence-corrected chi connectivity index (χ3v) is 4.58. The van der Waals surface area contributed by atoms with Gasteiger partial charge in [-0.25, -0.2) is 4.98 Å². The number of aromatic nitrogens is 2. The van der Waals surface area contributed by atoms with E-state index in [1.165, 1.54) is 6.42 Å². The minimum absolute atomic E-state index is 0.330. The summed E-state index contributed by atoms with van der Waals surface area (Å²) in [6, 6.07) is 2.40. The van der Waals surface area contributed by atoms with E-state index in [1.807, 2.05) is 11.4 Å². The maximum Gasteiger partial charge on any atom is 0.223 e. The Bertz CT molecular complexity index is 599. The number of ether oxygens (including phenoxy) is 1. The average Bonchev–Trinajstić information content (AvgIpc) is 3.02. The molecule has 3 atom stereocenters. The quantitative estimate of drug-likeness (QED) is 0.866. The van der Waals surface area contributed by atoms with Crippen LogP contribution < -0.4 is 11.1 Å². The largest absolute Gasteiger partial charge is 0.373 e. The molecule has 0 amide bonds. The van der Waals surface area contributed by atoms with Crippen molar-refractivity contribution in [3.63, 3.8) is 0 Å². The van der Waals surface area contributed by atoms with E-state index in [2.05, 4.69) is 15.3 Å². The number of hydrogen-bond donors (Lipinski definition) is 2. The molecule has 0 aromatic carbocycles. The third kappa shape index (κ3) is 1.56. The standard InChI is InChI=1S/C12H14N4OS/c13-12-15-10(7-3-4-18-11(7)16-12)14-8-5-6-1-2-9(8)17-6/h3-4,6,8-9H,1-2,5H2,(H3,13,14,15,16). The summed E-state index contributed by atoms with van der Waals surface area (Å²) in [6.45, 7) is 0. The molecular weight excluding hydrogens is 248 g/mol. The molecule has 3 unspecified atom stereocenters. The topological polar surface area (TPSA) is 73.1 Å². The first-order chi connectivity index (χ1) is 8.79. The van der Waals surface area contributed by atoms with Gasteiger partial charge in [0.15, 0.2) is 0 Å². The molecule has 3 N–H and O–H groups in total. The lowest BCUT2D eigenvalue weighted by Crippen LogP contribution is -2.31. The smallest absolute Gasteiger partial charge is 0.223 e. The van der Waals surface area contributed by atoms with Gasteiger partial charge in [-0.05, 0) is 30.7 Å². The van der Waals surface area contributed by atoms with Gasteiger partial charge in [0.2, 0.25) is 5.95 Å². The maximum atomic E-state index is 5.85. The Hall–Kier alpha value is -1.40. The van der Waals surface area contributed by atoms with E-state index in [9.17, 15) is 0 Å². The lowest BCUT2D eigenvalue weighted by Gasteiger charge is -2.21. The number of thiophene rings is 1. The number of fused-ring (bicyclic) bond motifs is 3. The molecule has 2 aliphatic rings. The second-order valence-electron chi connectivity index (χ2n) is 4.93. The van der Waals surface area contributed by atoms with Crippen molar-refractivity contribution >= 4 is 33.3 Å². The van der Waals surface area contributed by atoms with Gasteiger partial charge in [0.05, 0.1) is 23.6 Å². The summed E-state index contributed by atoms with van der Waals surface area (Å²) in [5.74, 6) is 1.18. The van der Waals surface area contributed by atoms with E-state index < -0.39 is 0 Å². The first-order valence-electron chi connectivity index (χ1n) is 6.22. The molecule has 6 heteroatoms. The Morgan fingerprint density at radius 1 is 1.39 bits per heavy atom. The van der Waals surface area contributed by atoms with Crippen molar-refractivity contribution < 1.29 is 4.74 Å². The van der Waals surface area contributed by atoms with Crippen LogP contribution in [0.3, 0.4) is 0 Å². The van der Waals surface area contributed by atoms with Crippen LogP contribution in [0.5, 0.6) is 0 Å². The van der Waals surface area contributed by atoms with Crippen LogP contribution in [0, 0.1) is 0 Å². The highest BCUT2D eigenvalue weighted by Gasteiger charge is 2.41. The van der Waals surface area contributed by atoms with Crippen molar-refractivity contribution in [3.05, 3.63) is 11.4 Å². The van der Waals surface area contributed by atoms with Crippen LogP contribution in [0.15, 0.2) is 11.4 Å². The molecule has 2 aromatic rings. The Kier molecular flexibility index (Phi) is 2.22. The summed E-state index contributed by atoms with van der Waals surface area (Å²) in [5.41, 5.74) is 5.75. The lowest BCUT2D eigenvalue weighted by molar-refractivity contribution is 0.102. The molecule has 5 nitrogen and oxygen atoms in total. The zero-order valence-electron chi connectivity index (χ0n) is 9.80. The number of anilines is 2. The van der Waals surface area contributed by atoms with Gasteiger partial charge in [-0.15, -0.1) is 11.3 Å². The Morgan fingerprint density at radius 3 is 3.11 bits per heavy atom. The van der Waals surface area contributed by atoms with Crippen LogP contribution in [0.1, 0.15) is 19.3 Å². The summed E-state index contributed by atoms with van der Waals surface area (Å²) in [4.78, 5) is 9.50. The highest BCUT2D eigenvalue weighted by molar-refractivity contribution is 7.16. The average molecular weight is 262 g/mol. The first-order valence-corrected chi connectivity index (χ1v) is 7.10. The van der Waals surface area contributed by atoms with Gasteiger partial charge < -0.3 is 15.8 Å². The van der Waals surface area contributed by atoms with Crippen LogP contribution in [0.2, 0.25) is 0 Å². The number of nitrogens with two attached hydrogens (primary N) is 1. The fourth-order valence-corrected chi connectivity index (χ4v) is 3.72. The van der Waals surface area contributed by atoms with Crippen LogP contribution in [0.25, 0.3) is 10.2 Å². The molecule has 0 saturated carbocycles. The Balaban J connectivity index is 1.68. The minimum Gasteiger partial charge on any atom is -0.373 e.